The van der Waals surface area contributed by atoms with Crippen molar-refractivity contribution in [1.29, 1.82) is 0 Å². The lowest BCUT2D eigenvalue weighted by atomic mass is 10.1. The summed E-state index contributed by atoms with van der Waals surface area (Å²) in [6.45, 7) is 4.70. The van der Waals surface area contributed by atoms with E-state index < -0.39 is 0 Å². The van der Waals surface area contributed by atoms with Gasteiger partial charge in [-0.3, -0.25) is 4.79 Å². The monoisotopic (exact) mass is 367 g/mol. The molecule has 2 aromatic carbocycles. The number of rotatable bonds is 3. The zero-order valence-electron chi connectivity index (χ0n) is 15.2. The average Bonchev–Trinajstić information content (AvgIpc) is 3.23. The Morgan fingerprint density at radius 1 is 1.07 bits per heavy atom. The predicted octanol–water partition coefficient (Wildman–Crippen LogP) is 2.96. The number of nitrogens with zero attached hydrogens (tertiary/aromatic N) is 1. The van der Waals surface area contributed by atoms with Gasteiger partial charge in [-0.1, -0.05) is 6.07 Å². The van der Waals surface area contributed by atoms with Crippen LogP contribution in [-0.4, -0.2) is 31.3 Å². The maximum absolute atomic E-state index is 12.4. The maximum Gasteiger partial charge on any atom is 0.319 e. The first-order valence-electron chi connectivity index (χ1n) is 8.84. The van der Waals surface area contributed by atoms with Crippen LogP contribution in [0, 0.1) is 13.8 Å². The Balaban J connectivity index is 1.38. The van der Waals surface area contributed by atoms with Gasteiger partial charge < -0.3 is 25.0 Å². The summed E-state index contributed by atoms with van der Waals surface area (Å²) in [5.74, 6) is 1.27. The highest BCUT2D eigenvalue weighted by atomic mass is 16.7. The molecule has 2 aromatic rings. The molecule has 1 saturated heterocycles. The molecular formula is C20H21N3O4. The van der Waals surface area contributed by atoms with Crippen LogP contribution in [-0.2, 0) is 4.79 Å². The highest BCUT2D eigenvalue weighted by molar-refractivity contribution is 5.97. The van der Waals surface area contributed by atoms with Crippen LogP contribution in [0.3, 0.4) is 0 Å². The molecule has 0 spiro atoms. The number of benzene rings is 2. The number of hydrogen-bond acceptors (Lipinski definition) is 4. The van der Waals surface area contributed by atoms with Gasteiger partial charge in [0.05, 0.1) is 6.04 Å². The van der Waals surface area contributed by atoms with E-state index in [1.807, 2.05) is 32.0 Å². The lowest BCUT2D eigenvalue weighted by Crippen LogP contribution is -2.39. The molecule has 4 rings (SSSR count). The molecule has 0 aromatic heterocycles. The van der Waals surface area contributed by atoms with Gasteiger partial charge in [-0.05, 0) is 49.2 Å². The number of aryl methyl sites for hydroxylation is 2. The minimum atomic E-state index is -0.353. The van der Waals surface area contributed by atoms with Crippen molar-refractivity contribution < 1.29 is 19.1 Å². The number of fused-ring (bicyclic) bond motifs is 1. The molecule has 7 heteroatoms. The maximum atomic E-state index is 12.4. The normalized spacial score (nSPS) is 17.9. The largest absolute Gasteiger partial charge is 0.454 e. The quantitative estimate of drug-likeness (QED) is 0.874. The molecule has 0 unspecified atom stereocenters. The van der Waals surface area contributed by atoms with E-state index in [1.165, 1.54) is 5.56 Å². The SMILES string of the molecule is Cc1ccc(N2C[C@H](NC(=O)Nc3ccc4c(c3)OCO4)CC2=O)cc1C. The lowest BCUT2D eigenvalue weighted by Gasteiger charge is -2.18. The average molecular weight is 367 g/mol. The fourth-order valence-corrected chi connectivity index (χ4v) is 3.27. The van der Waals surface area contributed by atoms with Gasteiger partial charge in [0, 0.05) is 30.4 Å². The summed E-state index contributed by atoms with van der Waals surface area (Å²) in [7, 11) is 0. The lowest BCUT2D eigenvalue weighted by molar-refractivity contribution is -0.117. The predicted molar refractivity (Wildman–Crippen MR) is 101 cm³/mol. The zero-order valence-corrected chi connectivity index (χ0v) is 15.2. The molecule has 0 bridgehead atoms. The van der Waals surface area contributed by atoms with Crippen molar-refractivity contribution in [1.82, 2.24) is 5.32 Å². The van der Waals surface area contributed by atoms with E-state index in [2.05, 4.69) is 10.6 Å². The van der Waals surface area contributed by atoms with Gasteiger partial charge in [0.2, 0.25) is 12.7 Å². The summed E-state index contributed by atoms with van der Waals surface area (Å²) < 4.78 is 10.6. The Kier molecular flexibility index (Phi) is 4.35. The minimum Gasteiger partial charge on any atom is -0.454 e. The summed E-state index contributed by atoms with van der Waals surface area (Å²) in [5, 5.41) is 5.64. The van der Waals surface area contributed by atoms with Crippen LogP contribution in [0.15, 0.2) is 36.4 Å². The van der Waals surface area contributed by atoms with E-state index in [1.54, 1.807) is 23.1 Å². The second-order valence-electron chi connectivity index (χ2n) is 6.84. The first kappa shape index (κ1) is 17.2. The molecule has 7 nitrogen and oxygen atoms in total. The van der Waals surface area contributed by atoms with Gasteiger partial charge in [-0.25, -0.2) is 4.79 Å². The standard InChI is InChI=1S/C20H21N3O4/c1-12-3-5-16(7-13(12)2)23-10-15(9-19(23)24)22-20(25)21-14-4-6-17-18(8-14)27-11-26-17/h3-8,15H,9-11H2,1-2H3,(H2,21,22,25)/t15-/m1/s1. The van der Waals surface area contributed by atoms with Gasteiger partial charge in [-0.15, -0.1) is 0 Å². The third kappa shape index (κ3) is 3.53. The second-order valence-corrected chi connectivity index (χ2v) is 6.84. The fraction of sp³-hybridized carbons (Fsp3) is 0.300. The van der Waals surface area contributed by atoms with Gasteiger partial charge in [0.15, 0.2) is 11.5 Å². The van der Waals surface area contributed by atoms with Crippen LogP contribution < -0.4 is 25.0 Å². The van der Waals surface area contributed by atoms with E-state index in [-0.39, 0.29) is 31.2 Å². The molecule has 2 aliphatic rings. The molecule has 0 aliphatic carbocycles. The van der Waals surface area contributed by atoms with Gasteiger partial charge in [0.25, 0.3) is 0 Å². The second kappa shape index (κ2) is 6.83. The zero-order chi connectivity index (χ0) is 19.0. The molecule has 0 radical (unpaired) electrons. The third-order valence-electron chi connectivity index (χ3n) is 4.89. The minimum absolute atomic E-state index is 0.00614. The number of nitrogens with one attached hydrogen (secondary N) is 2. The van der Waals surface area contributed by atoms with Crippen molar-refractivity contribution in [2.24, 2.45) is 0 Å². The van der Waals surface area contributed by atoms with Crippen LogP contribution in [0.2, 0.25) is 0 Å². The van der Waals surface area contributed by atoms with E-state index in [0.717, 1.165) is 11.3 Å². The van der Waals surface area contributed by atoms with Gasteiger partial charge in [-0.2, -0.15) is 0 Å². The third-order valence-corrected chi connectivity index (χ3v) is 4.89. The Morgan fingerprint density at radius 2 is 1.89 bits per heavy atom. The summed E-state index contributed by atoms with van der Waals surface area (Å²) in [6, 6.07) is 10.6. The first-order valence-corrected chi connectivity index (χ1v) is 8.84. The number of amides is 3. The highest BCUT2D eigenvalue weighted by Gasteiger charge is 2.31. The Hall–Kier alpha value is -3.22. The molecule has 3 amide bonds. The van der Waals surface area contributed by atoms with Crippen molar-refractivity contribution in [3.63, 3.8) is 0 Å². The smallest absolute Gasteiger partial charge is 0.319 e. The summed E-state index contributed by atoms with van der Waals surface area (Å²) in [6.07, 6.45) is 0.279. The van der Waals surface area contributed by atoms with Crippen LogP contribution in [0.5, 0.6) is 11.5 Å². The van der Waals surface area contributed by atoms with Crippen LogP contribution in [0.1, 0.15) is 17.5 Å². The number of anilines is 2. The topological polar surface area (TPSA) is 79.9 Å². The molecule has 2 aliphatic heterocycles. The van der Waals surface area contributed by atoms with Crippen LogP contribution in [0.4, 0.5) is 16.2 Å². The van der Waals surface area contributed by atoms with Crippen LogP contribution >= 0.6 is 0 Å². The summed E-state index contributed by atoms with van der Waals surface area (Å²) in [5.41, 5.74) is 3.79. The number of carbonyl (C=O) groups is 2. The van der Waals surface area contributed by atoms with E-state index in [0.29, 0.717) is 23.7 Å². The molecule has 2 N–H and O–H groups in total. The molecule has 2 heterocycles. The fourth-order valence-electron chi connectivity index (χ4n) is 3.27. The Morgan fingerprint density at radius 3 is 2.70 bits per heavy atom. The van der Waals surface area contributed by atoms with Gasteiger partial charge >= 0.3 is 6.03 Å². The van der Waals surface area contributed by atoms with Gasteiger partial charge in [0.1, 0.15) is 0 Å². The molecule has 0 saturated carbocycles. The number of ether oxygens (including phenoxy) is 2. The number of carbonyl (C=O) groups excluding carboxylic acids is 2. The Bertz CT molecular complexity index is 912. The number of urea groups is 1. The van der Waals surface area contributed by atoms with Crippen LogP contribution in [0.25, 0.3) is 0 Å². The summed E-state index contributed by atoms with van der Waals surface area (Å²) >= 11 is 0. The van der Waals surface area contributed by atoms with Crippen molar-refractivity contribution in [3.05, 3.63) is 47.5 Å². The highest BCUT2D eigenvalue weighted by Crippen LogP contribution is 2.34. The molecule has 27 heavy (non-hydrogen) atoms. The Labute approximate surface area is 157 Å². The molecule has 1 atom stereocenters. The van der Waals surface area contributed by atoms with E-state index in [9.17, 15) is 9.59 Å². The first-order chi connectivity index (χ1) is 13.0. The van der Waals surface area contributed by atoms with Crippen molar-refractivity contribution >= 4 is 23.3 Å². The molecule has 1 fully saturated rings. The molecular weight excluding hydrogens is 346 g/mol. The molecule has 140 valence electrons. The van der Waals surface area contributed by atoms with Crippen molar-refractivity contribution in [3.8, 4) is 11.5 Å². The number of hydrogen-bond donors (Lipinski definition) is 2. The summed E-state index contributed by atoms with van der Waals surface area (Å²) in [4.78, 5) is 26.4. The van der Waals surface area contributed by atoms with E-state index >= 15 is 0 Å². The van der Waals surface area contributed by atoms with Crippen molar-refractivity contribution in [2.45, 2.75) is 26.3 Å². The van der Waals surface area contributed by atoms with E-state index in [4.69, 9.17) is 9.47 Å². The van der Waals surface area contributed by atoms with Crippen molar-refractivity contribution in [2.75, 3.05) is 23.6 Å².